The lowest BCUT2D eigenvalue weighted by Gasteiger charge is -2.13. The highest BCUT2D eigenvalue weighted by atomic mass is 19.4. The van der Waals surface area contributed by atoms with E-state index < -0.39 is 18.7 Å². The zero-order chi connectivity index (χ0) is 19.3. The molecule has 1 amide bonds. The number of rotatable bonds is 6. The van der Waals surface area contributed by atoms with Crippen LogP contribution in [0, 0.1) is 6.92 Å². The van der Waals surface area contributed by atoms with Crippen molar-refractivity contribution < 1.29 is 32.2 Å². The zero-order valence-corrected chi connectivity index (χ0v) is 14.4. The van der Waals surface area contributed by atoms with Crippen molar-refractivity contribution in [1.82, 2.24) is 0 Å². The smallest absolute Gasteiger partial charge is 0.422 e. The van der Waals surface area contributed by atoms with Crippen LogP contribution in [0.5, 0.6) is 17.2 Å². The van der Waals surface area contributed by atoms with Gasteiger partial charge in [-0.15, -0.1) is 0 Å². The number of nitrogens with one attached hydrogen (secondary N) is 1. The summed E-state index contributed by atoms with van der Waals surface area (Å²) in [5.41, 5.74) is 1.49. The van der Waals surface area contributed by atoms with E-state index in [0.717, 1.165) is 5.56 Å². The van der Waals surface area contributed by atoms with Crippen molar-refractivity contribution in [3.05, 3.63) is 47.5 Å². The van der Waals surface area contributed by atoms with E-state index in [9.17, 15) is 18.0 Å². The Morgan fingerprint density at radius 3 is 2.04 bits per heavy atom. The molecule has 0 aliphatic rings. The summed E-state index contributed by atoms with van der Waals surface area (Å²) in [5, 5.41) is 2.65. The third-order valence-corrected chi connectivity index (χ3v) is 3.53. The molecule has 0 aromatic heterocycles. The molecule has 5 nitrogen and oxygen atoms in total. The van der Waals surface area contributed by atoms with E-state index in [1.165, 1.54) is 38.5 Å². The molecule has 2 aromatic rings. The lowest BCUT2D eigenvalue weighted by molar-refractivity contribution is -0.153. The van der Waals surface area contributed by atoms with Crippen LogP contribution in [-0.2, 0) is 0 Å². The molecule has 140 valence electrons. The van der Waals surface area contributed by atoms with Gasteiger partial charge in [-0.2, -0.15) is 13.2 Å². The summed E-state index contributed by atoms with van der Waals surface area (Å²) in [6.45, 7) is 0.431. The molecule has 2 rings (SSSR count). The van der Waals surface area contributed by atoms with Gasteiger partial charge in [0.25, 0.3) is 5.91 Å². The van der Waals surface area contributed by atoms with Crippen LogP contribution >= 0.6 is 0 Å². The third kappa shape index (κ3) is 5.05. The fourth-order valence-electron chi connectivity index (χ4n) is 2.22. The molecule has 26 heavy (non-hydrogen) atoms. The number of hydrogen-bond acceptors (Lipinski definition) is 4. The van der Waals surface area contributed by atoms with Crippen molar-refractivity contribution in [2.24, 2.45) is 0 Å². The van der Waals surface area contributed by atoms with Gasteiger partial charge in [-0.3, -0.25) is 4.79 Å². The van der Waals surface area contributed by atoms with Crippen LogP contribution in [0.4, 0.5) is 18.9 Å². The highest BCUT2D eigenvalue weighted by molar-refractivity contribution is 6.05. The molecule has 0 spiro atoms. The van der Waals surface area contributed by atoms with Crippen molar-refractivity contribution in [1.29, 1.82) is 0 Å². The van der Waals surface area contributed by atoms with Crippen LogP contribution in [0.25, 0.3) is 0 Å². The lowest BCUT2D eigenvalue weighted by atomic mass is 10.1. The zero-order valence-electron chi connectivity index (χ0n) is 14.4. The maximum Gasteiger partial charge on any atom is 0.422 e. The molecule has 0 unspecified atom stereocenters. The molecule has 0 aliphatic heterocycles. The molecule has 1 N–H and O–H groups in total. The maximum absolute atomic E-state index is 12.4. The fourth-order valence-corrected chi connectivity index (χ4v) is 2.22. The molecule has 0 heterocycles. The van der Waals surface area contributed by atoms with Crippen molar-refractivity contribution >= 4 is 11.6 Å². The monoisotopic (exact) mass is 369 g/mol. The van der Waals surface area contributed by atoms with Gasteiger partial charge in [-0.05, 0) is 43.3 Å². The maximum atomic E-state index is 12.4. The Bertz CT molecular complexity index is 748. The number of carbonyl (C=O) groups is 1. The first-order valence-corrected chi connectivity index (χ1v) is 7.57. The Balaban J connectivity index is 2.10. The number of benzene rings is 2. The van der Waals surface area contributed by atoms with Crippen molar-refractivity contribution in [2.45, 2.75) is 13.1 Å². The Morgan fingerprint density at radius 2 is 1.58 bits per heavy atom. The quantitative estimate of drug-likeness (QED) is 0.829. The molecule has 0 saturated carbocycles. The highest BCUT2D eigenvalue weighted by Crippen LogP contribution is 2.30. The van der Waals surface area contributed by atoms with Gasteiger partial charge < -0.3 is 19.5 Å². The lowest BCUT2D eigenvalue weighted by Crippen LogP contribution is -2.19. The summed E-state index contributed by atoms with van der Waals surface area (Å²) in [7, 11) is 2.98. The molecule has 2 aromatic carbocycles. The number of amides is 1. The number of hydrogen-bond donors (Lipinski definition) is 1. The molecule has 8 heteroatoms. The van der Waals surface area contributed by atoms with Crippen LogP contribution in [0.2, 0.25) is 0 Å². The predicted molar refractivity (Wildman–Crippen MR) is 90.2 cm³/mol. The number of halogens is 3. The minimum atomic E-state index is -4.41. The molecular formula is C18H18F3NO4. The van der Waals surface area contributed by atoms with Crippen LogP contribution in [-0.4, -0.2) is 32.9 Å². The van der Waals surface area contributed by atoms with E-state index in [-0.39, 0.29) is 5.75 Å². The minimum absolute atomic E-state index is 0.0546. The van der Waals surface area contributed by atoms with Crippen LogP contribution in [0.3, 0.4) is 0 Å². The van der Waals surface area contributed by atoms with E-state index in [0.29, 0.717) is 22.7 Å². The molecule has 0 bridgehead atoms. The third-order valence-electron chi connectivity index (χ3n) is 3.53. The minimum Gasteiger partial charge on any atom is -0.496 e. The topological polar surface area (TPSA) is 56.8 Å². The first-order valence-electron chi connectivity index (χ1n) is 7.57. The van der Waals surface area contributed by atoms with E-state index in [1.54, 1.807) is 19.1 Å². The van der Waals surface area contributed by atoms with Crippen molar-refractivity contribution in [3.8, 4) is 17.2 Å². The summed E-state index contributed by atoms with van der Waals surface area (Å²) in [5.74, 6) is 0.653. The number of carbonyl (C=O) groups excluding carboxylic acids is 1. The van der Waals surface area contributed by atoms with Crippen LogP contribution in [0.15, 0.2) is 36.4 Å². The SMILES string of the molecule is COc1cc(C(=O)Nc2ccc(OCC(F)(F)F)cc2)cc(OC)c1C. The Kier molecular flexibility index (Phi) is 5.97. The number of anilines is 1. The van der Waals surface area contributed by atoms with E-state index in [4.69, 9.17) is 9.47 Å². The second-order valence-corrected chi connectivity index (χ2v) is 5.39. The fraction of sp³-hybridized carbons (Fsp3) is 0.278. The van der Waals surface area contributed by atoms with E-state index >= 15 is 0 Å². The van der Waals surface area contributed by atoms with E-state index in [2.05, 4.69) is 10.1 Å². The summed E-state index contributed by atoms with van der Waals surface area (Å²) in [6.07, 6.45) is -4.41. The first-order chi connectivity index (χ1) is 12.2. The van der Waals surface area contributed by atoms with Gasteiger partial charge in [-0.25, -0.2) is 0 Å². The largest absolute Gasteiger partial charge is 0.496 e. The molecular weight excluding hydrogens is 351 g/mol. The highest BCUT2D eigenvalue weighted by Gasteiger charge is 2.28. The Labute approximate surface area is 148 Å². The summed E-state index contributed by atoms with van der Waals surface area (Å²) >= 11 is 0. The summed E-state index contributed by atoms with van der Waals surface area (Å²) < 4.78 is 51.5. The Morgan fingerprint density at radius 1 is 1.04 bits per heavy atom. The average molecular weight is 369 g/mol. The van der Waals surface area contributed by atoms with Gasteiger partial charge in [-0.1, -0.05) is 0 Å². The van der Waals surface area contributed by atoms with Gasteiger partial charge in [0.2, 0.25) is 0 Å². The molecule has 0 radical (unpaired) electrons. The van der Waals surface area contributed by atoms with Gasteiger partial charge in [0.05, 0.1) is 14.2 Å². The van der Waals surface area contributed by atoms with Gasteiger partial charge >= 0.3 is 6.18 Å². The average Bonchev–Trinajstić information content (AvgIpc) is 2.60. The van der Waals surface area contributed by atoms with E-state index in [1.807, 2.05) is 0 Å². The molecule has 0 fully saturated rings. The number of alkyl halides is 3. The van der Waals surface area contributed by atoms with Gasteiger partial charge in [0.15, 0.2) is 6.61 Å². The summed E-state index contributed by atoms with van der Waals surface area (Å²) in [4.78, 5) is 12.4. The second-order valence-electron chi connectivity index (χ2n) is 5.39. The second kappa shape index (κ2) is 7.99. The number of methoxy groups -OCH3 is 2. The normalized spacial score (nSPS) is 11.0. The standard InChI is InChI=1S/C18H18F3NO4/c1-11-15(24-2)8-12(9-16(11)25-3)17(23)22-13-4-6-14(7-5-13)26-10-18(19,20)21/h4-9H,10H2,1-3H3,(H,22,23). The number of ether oxygens (including phenoxy) is 3. The molecule has 0 aliphatic carbocycles. The molecule has 0 atom stereocenters. The first kappa shape index (κ1) is 19.4. The van der Waals surface area contributed by atoms with Crippen LogP contribution < -0.4 is 19.5 Å². The van der Waals surface area contributed by atoms with Gasteiger partial charge in [0, 0.05) is 16.8 Å². The Hall–Kier alpha value is -2.90. The summed E-state index contributed by atoms with van der Waals surface area (Å²) in [6, 6.07) is 8.75. The molecule has 0 saturated heterocycles. The van der Waals surface area contributed by atoms with Gasteiger partial charge in [0.1, 0.15) is 17.2 Å². The van der Waals surface area contributed by atoms with Crippen LogP contribution in [0.1, 0.15) is 15.9 Å². The predicted octanol–water partition coefficient (Wildman–Crippen LogP) is 4.21. The van der Waals surface area contributed by atoms with Crippen molar-refractivity contribution in [3.63, 3.8) is 0 Å². The van der Waals surface area contributed by atoms with Crippen molar-refractivity contribution in [2.75, 3.05) is 26.1 Å².